The van der Waals surface area contributed by atoms with Crippen LogP contribution in [0.3, 0.4) is 0 Å². The number of carboxylic acid groups (broad SMARTS) is 1. The lowest BCUT2D eigenvalue weighted by Crippen LogP contribution is -2.53. The number of hydrogen-bond acceptors (Lipinski definition) is 3. The molecule has 4 N–H and O–H groups in total. The zero-order chi connectivity index (χ0) is 12.8. The average molecular weight is 242 g/mol. The fraction of sp³-hybridized carbons (Fsp3) is 0.636. The Morgan fingerprint density at radius 2 is 2.12 bits per heavy atom. The van der Waals surface area contributed by atoms with Gasteiger partial charge in [0.25, 0.3) is 0 Å². The van der Waals surface area contributed by atoms with Crippen LogP contribution in [-0.4, -0.2) is 40.4 Å². The molecule has 0 fully saturated rings. The number of amides is 2. The highest BCUT2D eigenvalue weighted by atomic mass is 16.4. The van der Waals surface area contributed by atoms with Crippen LogP contribution in [0.1, 0.15) is 26.2 Å². The molecule has 0 saturated heterocycles. The molecular weight excluding hydrogens is 224 g/mol. The highest BCUT2D eigenvalue weighted by Gasteiger charge is 2.25. The van der Waals surface area contributed by atoms with E-state index >= 15 is 0 Å². The zero-order valence-corrected chi connectivity index (χ0v) is 9.72. The maximum atomic E-state index is 11.5. The number of urea groups is 1. The number of carbonyl (C=O) groups is 2. The largest absolute Gasteiger partial charge is 0.480 e. The number of aliphatic hydroxyl groups is 1. The number of hydrogen-bond donors (Lipinski definition) is 4. The van der Waals surface area contributed by atoms with Gasteiger partial charge in [0.15, 0.2) is 6.04 Å². The van der Waals surface area contributed by atoms with Gasteiger partial charge in [-0.2, -0.15) is 0 Å². The number of aliphatic carboxylic acids is 1. The Labute approximate surface area is 99.7 Å². The molecule has 6 nitrogen and oxygen atoms in total. The lowest BCUT2D eigenvalue weighted by atomic mass is 10.0. The fourth-order valence-corrected chi connectivity index (χ4v) is 1.68. The summed E-state index contributed by atoms with van der Waals surface area (Å²) < 4.78 is 0. The highest BCUT2D eigenvalue weighted by molar-refractivity contribution is 5.83. The van der Waals surface area contributed by atoms with Crippen molar-refractivity contribution in [3.63, 3.8) is 0 Å². The van der Waals surface area contributed by atoms with Gasteiger partial charge in [-0.1, -0.05) is 12.2 Å². The second kappa shape index (κ2) is 6.24. The Morgan fingerprint density at radius 1 is 1.41 bits per heavy atom. The quantitative estimate of drug-likeness (QED) is 0.530. The Bertz CT molecular complexity index is 315. The van der Waals surface area contributed by atoms with E-state index in [4.69, 9.17) is 5.11 Å². The SMILES string of the molecule is CC(O)C(NC(=O)NC1CC=CCC1)C(=O)O. The van der Waals surface area contributed by atoms with E-state index in [0.29, 0.717) is 0 Å². The number of carbonyl (C=O) groups excluding carboxylic acids is 1. The Balaban J connectivity index is 2.42. The molecule has 3 unspecified atom stereocenters. The number of aliphatic hydroxyl groups excluding tert-OH is 1. The molecule has 0 spiro atoms. The third-order valence-electron chi connectivity index (χ3n) is 2.64. The van der Waals surface area contributed by atoms with Crippen LogP contribution in [0.15, 0.2) is 12.2 Å². The molecule has 96 valence electrons. The third kappa shape index (κ3) is 4.44. The van der Waals surface area contributed by atoms with Crippen LogP contribution in [0.5, 0.6) is 0 Å². The van der Waals surface area contributed by atoms with Crippen molar-refractivity contribution in [1.29, 1.82) is 0 Å². The second-order valence-corrected chi connectivity index (χ2v) is 4.16. The van der Waals surface area contributed by atoms with E-state index in [2.05, 4.69) is 10.6 Å². The van der Waals surface area contributed by atoms with E-state index in [-0.39, 0.29) is 6.04 Å². The third-order valence-corrected chi connectivity index (χ3v) is 2.64. The van der Waals surface area contributed by atoms with Gasteiger partial charge in [0.2, 0.25) is 0 Å². The minimum atomic E-state index is -1.28. The summed E-state index contributed by atoms with van der Waals surface area (Å²) in [7, 11) is 0. The summed E-state index contributed by atoms with van der Waals surface area (Å²) in [6.07, 6.45) is 5.40. The monoisotopic (exact) mass is 242 g/mol. The summed E-state index contributed by atoms with van der Waals surface area (Å²) in [6.45, 7) is 1.32. The first-order valence-electron chi connectivity index (χ1n) is 5.63. The molecule has 0 aliphatic heterocycles. The second-order valence-electron chi connectivity index (χ2n) is 4.16. The lowest BCUT2D eigenvalue weighted by Gasteiger charge is -2.22. The molecule has 0 aromatic rings. The molecule has 0 aromatic heterocycles. The average Bonchev–Trinajstić information content (AvgIpc) is 2.26. The molecule has 0 bridgehead atoms. The maximum absolute atomic E-state index is 11.5. The van der Waals surface area contributed by atoms with Crippen molar-refractivity contribution in [2.24, 2.45) is 0 Å². The standard InChI is InChI=1S/C11H18N2O4/c1-7(14)9(10(15)16)13-11(17)12-8-5-3-2-4-6-8/h2-3,7-9,14H,4-6H2,1H3,(H,15,16)(H2,12,13,17). The minimum absolute atomic E-state index is 0.0310. The normalized spacial score (nSPS) is 22.6. The summed E-state index contributed by atoms with van der Waals surface area (Å²) in [6, 6.07) is -1.81. The van der Waals surface area contributed by atoms with Gasteiger partial charge in [0.05, 0.1) is 6.10 Å². The van der Waals surface area contributed by atoms with Crippen molar-refractivity contribution in [1.82, 2.24) is 10.6 Å². The molecule has 3 atom stereocenters. The van der Waals surface area contributed by atoms with E-state index in [1.807, 2.05) is 12.2 Å². The van der Waals surface area contributed by atoms with Crippen LogP contribution in [0.25, 0.3) is 0 Å². The minimum Gasteiger partial charge on any atom is -0.480 e. The molecule has 1 aliphatic rings. The molecule has 1 rings (SSSR count). The van der Waals surface area contributed by atoms with Gasteiger partial charge in [0.1, 0.15) is 0 Å². The van der Waals surface area contributed by atoms with Crippen molar-refractivity contribution in [2.45, 2.75) is 44.4 Å². The van der Waals surface area contributed by atoms with Crippen molar-refractivity contribution in [3.05, 3.63) is 12.2 Å². The van der Waals surface area contributed by atoms with Gasteiger partial charge in [-0.15, -0.1) is 0 Å². The van der Waals surface area contributed by atoms with Crippen LogP contribution in [0.4, 0.5) is 4.79 Å². The molecule has 2 amide bonds. The van der Waals surface area contributed by atoms with E-state index in [0.717, 1.165) is 19.3 Å². The lowest BCUT2D eigenvalue weighted by molar-refractivity contribution is -0.141. The van der Waals surface area contributed by atoms with Gasteiger partial charge in [-0.25, -0.2) is 9.59 Å². The summed E-state index contributed by atoms with van der Waals surface area (Å²) >= 11 is 0. The topological polar surface area (TPSA) is 98.7 Å². The molecular formula is C11H18N2O4. The van der Waals surface area contributed by atoms with Crippen LogP contribution >= 0.6 is 0 Å². The molecule has 0 radical (unpaired) electrons. The van der Waals surface area contributed by atoms with Crippen molar-refractivity contribution < 1.29 is 19.8 Å². The molecule has 6 heteroatoms. The summed E-state index contributed by atoms with van der Waals surface area (Å²) in [5.74, 6) is -1.25. The predicted octanol–water partition coefficient (Wildman–Crippen LogP) is 0.228. The maximum Gasteiger partial charge on any atom is 0.328 e. The molecule has 0 aromatic carbocycles. The summed E-state index contributed by atoms with van der Waals surface area (Å²) in [5.41, 5.74) is 0. The van der Waals surface area contributed by atoms with Crippen LogP contribution in [0.2, 0.25) is 0 Å². The van der Waals surface area contributed by atoms with E-state index in [1.165, 1.54) is 6.92 Å². The number of carboxylic acids is 1. The van der Waals surface area contributed by atoms with Crippen LogP contribution in [-0.2, 0) is 4.79 Å². The molecule has 0 heterocycles. The number of nitrogens with one attached hydrogen (secondary N) is 2. The van der Waals surface area contributed by atoms with Crippen molar-refractivity contribution in [3.8, 4) is 0 Å². The van der Waals surface area contributed by atoms with Crippen molar-refractivity contribution >= 4 is 12.0 Å². The zero-order valence-electron chi connectivity index (χ0n) is 9.72. The smallest absolute Gasteiger partial charge is 0.328 e. The molecule has 0 saturated carbocycles. The van der Waals surface area contributed by atoms with Gasteiger partial charge >= 0.3 is 12.0 Å². The Kier molecular flexibility index (Phi) is 4.96. The molecule has 17 heavy (non-hydrogen) atoms. The van der Waals surface area contributed by atoms with E-state index in [9.17, 15) is 14.7 Å². The van der Waals surface area contributed by atoms with Gasteiger partial charge in [-0.3, -0.25) is 0 Å². The predicted molar refractivity (Wildman–Crippen MR) is 61.6 cm³/mol. The van der Waals surface area contributed by atoms with Crippen molar-refractivity contribution in [2.75, 3.05) is 0 Å². The Morgan fingerprint density at radius 3 is 2.59 bits per heavy atom. The number of allylic oxidation sites excluding steroid dienone is 1. The van der Waals surface area contributed by atoms with Gasteiger partial charge in [0, 0.05) is 6.04 Å². The van der Waals surface area contributed by atoms with E-state index < -0.39 is 24.1 Å². The summed E-state index contributed by atoms with van der Waals surface area (Å²) in [4.78, 5) is 22.3. The summed E-state index contributed by atoms with van der Waals surface area (Å²) in [5, 5.41) is 22.9. The van der Waals surface area contributed by atoms with E-state index in [1.54, 1.807) is 0 Å². The van der Waals surface area contributed by atoms with Crippen LogP contribution in [0, 0.1) is 0 Å². The highest BCUT2D eigenvalue weighted by Crippen LogP contribution is 2.10. The first kappa shape index (κ1) is 13.5. The van der Waals surface area contributed by atoms with Crippen LogP contribution < -0.4 is 10.6 Å². The fourth-order valence-electron chi connectivity index (χ4n) is 1.68. The first-order chi connectivity index (χ1) is 8.00. The Hall–Kier alpha value is -1.56. The molecule has 1 aliphatic carbocycles. The number of rotatable bonds is 4. The first-order valence-corrected chi connectivity index (χ1v) is 5.63. The van der Waals surface area contributed by atoms with Gasteiger partial charge < -0.3 is 20.8 Å². The van der Waals surface area contributed by atoms with Gasteiger partial charge in [-0.05, 0) is 26.2 Å².